The number of fused-ring (bicyclic) bond motifs is 1. The van der Waals surface area contributed by atoms with Crippen LogP contribution in [0.4, 0.5) is 5.69 Å². The third kappa shape index (κ3) is 2.59. The number of hydrogen-bond acceptors (Lipinski definition) is 5. The van der Waals surface area contributed by atoms with Gasteiger partial charge in [-0.25, -0.2) is 0 Å². The molecule has 1 atom stereocenters. The van der Waals surface area contributed by atoms with Crippen molar-refractivity contribution in [3.05, 3.63) is 49.8 Å². The number of likely N-dealkylation sites (N-methyl/N-ethyl adjacent to an activating group) is 1. The highest BCUT2D eigenvalue weighted by Gasteiger charge is 2.57. The molecule has 1 aliphatic rings. The van der Waals surface area contributed by atoms with E-state index in [4.69, 9.17) is 9.47 Å². The van der Waals surface area contributed by atoms with Crippen LogP contribution in [0.25, 0.3) is 0 Å². The van der Waals surface area contributed by atoms with Gasteiger partial charge >= 0.3 is 0 Å². The Balaban J connectivity index is 2.08. The van der Waals surface area contributed by atoms with Gasteiger partial charge in [-0.05, 0) is 44.0 Å². The average Bonchev–Trinajstić information content (AvgIpc) is 2.80. The maximum Gasteiger partial charge on any atom is 0.268 e. The standard InChI is InChI=1S/C22H29NO4/c1-7-9-12-27-14-10-11-16-15(13-14)21(3,4)22(5,23(16)6)17-18(24)19(25)20(17)26-8-2/h10-11,13H,7-9,12H2,1-6H3. The molecule has 5 heteroatoms. The lowest BCUT2D eigenvalue weighted by molar-refractivity contribution is 0.264. The van der Waals surface area contributed by atoms with Gasteiger partial charge in [0.25, 0.3) is 5.43 Å². The maximum atomic E-state index is 12.5. The molecule has 3 rings (SSSR count). The molecule has 0 fully saturated rings. The first-order valence-corrected chi connectivity index (χ1v) is 9.69. The quantitative estimate of drug-likeness (QED) is 0.551. The van der Waals surface area contributed by atoms with Crippen LogP contribution >= 0.6 is 0 Å². The lowest BCUT2D eigenvalue weighted by Gasteiger charge is -2.44. The Kier molecular flexibility index (Phi) is 4.83. The fourth-order valence-electron chi connectivity index (χ4n) is 4.23. The Morgan fingerprint density at radius 1 is 1.04 bits per heavy atom. The summed E-state index contributed by atoms with van der Waals surface area (Å²) in [6.07, 6.45) is 2.10. The predicted molar refractivity (Wildman–Crippen MR) is 108 cm³/mol. The summed E-state index contributed by atoms with van der Waals surface area (Å²) in [4.78, 5) is 26.7. The van der Waals surface area contributed by atoms with Gasteiger partial charge in [-0.15, -0.1) is 0 Å². The minimum Gasteiger partial charge on any atom is -0.494 e. The van der Waals surface area contributed by atoms with Gasteiger partial charge in [-0.2, -0.15) is 0 Å². The molecule has 0 spiro atoms. The van der Waals surface area contributed by atoms with E-state index in [1.54, 1.807) is 0 Å². The summed E-state index contributed by atoms with van der Waals surface area (Å²) in [7, 11) is 1.97. The predicted octanol–water partition coefficient (Wildman–Crippen LogP) is 3.50. The van der Waals surface area contributed by atoms with Gasteiger partial charge in [0.05, 0.1) is 24.3 Å². The van der Waals surface area contributed by atoms with E-state index in [0.717, 1.165) is 29.8 Å². The summed E-state index contributed by atoms with van der Waals surface area (Å²) in [6.45, 7) is 11.2. The Labute approximate surface area is 160 Å². The van der Waals surface area contributed by atoms with Crippen LogP contribution in [-0.4, -0.2) is 20.3 Å². The molecule has 2 aromatic rings. The minimum absolute atomic E-state index is 0.220. The summed E-state index contributed by atoms with van der Waals surface area (Å²) in [6, 6.07) is 6.08. The highest BCUT2D eigenvalue weighted by Crippen LogP contribution is 2.57. The Bertz CT molecular complexity index is 923. The van der Waals surface area contributed by atoms with Crippen LogP contribution in [0, 0.1) is 0 Å². The molecule has 2 aromatic carbocycles. The van der Waals surface area contributed by atoms with Gasteiger partial charge in [0.15, 0.2) is 5.75 Å². The van der Waals surface area contributed by atoms with Crippen LogP contribution < -0.4 is 25.2 Å². The van der Waals surface area contributed by atoms with E-state index >= 15 is 0 Å². The lowest BCUT2D eigenvalue weighted by atomic mass is 9.66. The number of anilines is 1. The number of unbranched alkanes of at least 4 members (excludes halogenated alkanes) is 1. The third-order valence-electron chi connectivity index (χ3n) is 6.30. The Morgan fingerprint density at radius 3 is 2.37 bits per heavy atom. The monoisotopic (exact) mass is 371 g/mol. The molecular formula is C22H29NO4. The number of nitrogens with zero attached hydrogens (tertiary/aromatic N) is 1. The van der Waals surface area contributed by atoms with Gasteiger partial charge in [0, 0.05) is 18.2 Å². The van der Waals surface area contributed by atoms with Crippen molar-refractivity contribution in [2.75, 3.05) is 25.2 Å². The van der Waals surface area contributed by atoms with Crippen molar-refractivity contribution in [3.8, 4) is 11.5 Å². The minimum atomic E-state index is -0.674. The van der Waals surface area contributed by atoms with Crippen LogP contribution in [0.1, 0.15) is 58.6 Å². The second kappa shape index (κ2) is 6.70. The number of rotatable bonds is 7. The van der Waals surface area contributed by atoms with Crippen LogP contribution in [0.2, 0.25) is 0 Å². The first kappa shape index (κ1) is 19.5. The van der Waals surface area contributed by atoms with Gasteiger partial charge in [-0.1, -0.05) is 27.2 Å². The molecule has 146 valence electrons. The topological polar surface area (TPSA) is 55.8 Å². The summed E-state index contributed by atoms with van der Waals surface area (Å²) < 4.78 is 11.4. The zero-order chi connectivity index (χ0) is 20.0. The highest BCUT2D eigenvalue weighted by atomic mass is 16.5. The van der Waals surface area contributed by atoms with Crippen LogP contribution in [0.5, 0.6) is 11.5 Å². The van der Waals surface area contributed by atoms with Gasteiger partial charge in [0.2, 0.25) is 5.43 Å². The summed E-state index contributed by atoms with van der Waals surface area (Å²) in [5, 5.41) is 0. The summed E-state index contributed by atoms with van der Waals surface area (Å²) in [5.74, 6) is 1.06. The second-order valence-corrected chi connectivity index (χ2v) is 7.93. The summed E-state index contributed by atoms with van der Waals surface area (Å²) >= 11 is 0. The van der Waals surface area contributed by atoms with Crippen molar-refractivity contribution in [1.82, 2.24) is 0 Å². The molecule has 5 nitrogen and oxygen atoms in total. The van der Waals surface area contributed by atoms with E-state index in [1.165, 1.54) is 0 Å². The molecule has 1 heterocycles. The van der Waals surface area contributed by atoms with E-state index in [2.05, 4.69) is 31.7 Å². The molecule has 0 saturated heterocycles. The molecule has 0 N–H and O–H groups in total. The first-order chi connectivity index (χ1) is 12.7. The van der Waals surface area contributed by atoms with Crippen molar-refractivity contribution < 1.29 is 9.47 Å². The van der Waals surface area contributed by atoms with Crippen molar-refractivity contribution in [1.29, 1.82) is 0 Å². The van der Waals surface area contributed by atoms with Crippen molar-refractivity contribution >= 4 is 5.69 Å². The maximum absolute atomic E-state index is 12.5. The SMILES string of the molecule is CCCCOc1ccc2c(c1)C(C)(C)C(C)(c1c(OCC)c(=O)c1=O)N2C. The van der Waals surface area contributed by atoms with Crippen LogP contribution in [0.3, 0.4) is 0 Å². The fourth-order valence-corrected chi connectivity index (χ4v) is 4.23. The lowest BCUT2D eigenvalue weighted by Crippen LogP contribution is -2.56. The molecule has 0 amide bonds. The first-order valence-electron chi connectivity index (χ1n) is 9.69. The third-order valence-corrected chi connectivity index (χ3v) is 6.30. The fraction of sp³-hybridized carbons (Fsp3) is 0.545. The molecule has 0 aromatic heterocycles. The van der Waals surface area contributed by atoms with E-state index in [9.17, 15) is 9.59 Å². The molecule has 0 radical (unpaired) electrons. The molecule has 1 unspecified atom stereocenters. The van der Waals surface area contributed by atoms with Gasteiger partial charge < -0.3 is 14.4 Å². The normalized spacial score (nSPS) is 20.7. The molecule has 0 aliphatic carbocycles. The second-order valence-electron chi connectivity index (χ2n) is 7.93. The van der Waals surface area contributed by atoms with Gasteiger partial charge in [-0.3, -0.25) is 9.59 Å². The number of hydrogen-bond donors (Lipinski definition) is 0. The molecule has 1 aliphatic heterocycles. The zero-order valence-electron chi connectivity index (χ0n) is 17.1. The van der Waals surface area contributed by atoms with Crippen LogP contribution in [-0.2, 0) is 11.0 Å². The van der Waals surface area contributed by atoms with Gasteiger partial charge in [0.1, 0.15) is 5.75 Å². The smallest absolute Gasteiger partial charge is 0.268 e. The van der Waals surface area contributed by atoms with Crippen LogP contribution in [0.15, 0.2) is 27.8 Å². The van der Waals surface area contributed by atoms with E-state index < -0.39 is 21.8 Å². The number of benzene rings is 1. The largest absolute Gasteiger partial charge is 0.494 e. The highest BCUT2D eigenvalue weighted by molar-refractivity contribution is 5.70. The average molecular weight is 371 g/mol. The number of ether oxygens (including phenoxy) is 2. The van der Waals surface area contributed by atoms with Crippen molar-refractivity contribution in [3.63, 3.8) is 0 Å². The Morgan fingerprint density at radius 2 is 1.74 bits per heavy atom. The van der Waals surface area contributed by atoms with E-state index in [1.807, 2.05) is 33.0 Å². The molecule has 0 saturated carbocycles. The molecular weight excluding hydrogens is 342 g/mol. The molecule has 0 bridgehead atoms. The zero-order valence-corrected chi connectivity index (χ0v) is 17.1. The Hall–Kier alpha value is -2.30. The summed E-state index contributed by atoms with van der Waals surface area (Å²) in [5.41, 5.74) is 0.594. The van der Waals surface area contributed by atoms with E-state index in [0.29, 0.717) is 18.8 Å². The molecule has 27 heavy (non-hydrogen) atoms. The van der Waals surface area contributed by atoms with E-state index in [-0.39, 0.29) is 5.75 Å². The van der Waals surface area contributed by atoms with Crippen molar-refractivity contribution in [2.45, 2.75) is 58.4 Å². The van der Waals surface area contributed by atoms with Crippen molar-refractivity contribution in [2.24, 2.45) is 0 Å².